The van der Waals surface area contributed by atoms with E-state index in [-0.39, 0.29) is 5.60 Å². The zero-order valence-electron chi connectivity index (χ0n) is 8.26. The smallest absolute Gasteiger partial charge is 0.0658 e. The fourth-order valence-electron chi connectivity index (χ4n) is 4.69. The fraction of sp³-hybridized carbons (Fsp3) is 0.917. The van der Waals surface area contributed by atoms with Gasteiger partial charge in [0.15, 0.2) is 0 Å². The van der Waals surface area contributed by atoms with Crippen LogP contribution in [-0.4, -0.2) is 10.7 Å². The van der Waals surface area contributed by atoms with Crippen LogP contribution in [0.4, 0.5) is 0 Å². The van der Waals surface area contributed by atoms with E-state index in [0.717, 1.165) is 37.5 Å². The van der Waals surface area contributed by atoms with Crippen molar-refractivity contribution < 1.29 is 5.11 Å². The van der Waals surface area contributed by atoms with Crippen molar-refractivity contribution in [2.24, 2.45) is 17.3 Å². The number of hydrogen-bond acceptors (Lipinski definition) is 1. The maximum atomic E-state index is 10.4. The van der Waals surface area contributed by atoms with E-state index in [4.69, 9.17) is 0 Å². The molecule has 4 rings (SSSR count). The van der Waals surface area contributed by atoms with Gasteiger partial charge in [-0.3, -0.25) is 0 Å². The third kappa shape index (κ3) is 1.09. The standard InChI is InChI=1S/C12H19O/c1-2-11-4-9-3-10(5-11)7-12(13,6-9)8-11/h9-10,13H,1-8H2. The first-order chi connectivity index (χ1) is 6.13. The summed E-state index contributed by atoms with van der Waals surface area (Å²) < 4.78 is 0. The molecule has 0 heterocycles. The van der Waals surface area contributed by atoms with Crippen molar-refractivity contribution in [3.63, 3.8) is 0 Å². The monoisotopic (exact) mass is 179 g/mol. The van der Waals surface area contributed by atoms with Gasteiger partial charge >= 0.3 is 0 Å². The average molecular weight is 179 g/mol. The summed E-state index contributed by atoms with van der Waals surface area (Å²) in [5.41, 5.74) is 0.167. The van der Waals surface area contributed by atoms with Crippen molar-refractivity contribution in [1.82, 2.24) is 0 Å². The summed E-state index contributed by atoms with van der Waals surface area (Å²) in [6.07, 6.45) is 8.38. The molecule has 0 aromatic rings. The Labute approximate surface area is 80.5 Å². The first kappa shape index (κ1) is 8.28. The molecular weight excluding hydrogens is 160 g/mol. The lowest BCUT2D eigenvalue weighted by Gasteiger charge is -2.60. The highest BCUT2D eigenvalue weighted by Crippen LogP contribution is 2.62. The molecule has 2 atom stereocenters. The molecule has 1 heteroatoms. The van der Waals surface area contributed by atoms with Gasteiger partial charge in [0.1, 0.15) is 0 Å². The molecule has 1 nitrogen and oxygen atoms in total. The van der Waals surface area contributed by atoms with E-state index in [2.05, 4.69) is 6.92 Å². The van der Waals surface area contributed by atoms with Crippen molar-refractivity contribution in [2.75, 3.05) is 0 Å². The molecular formula is C12H19O. The van der Waals surface area contributed by atoms with Gasteiger partial charge in [-0.1, -0.05) is 6.92 Å². The third-order valence-corrected chi connectivity index (χ3v) is 4.68. The van der Waals surface area contributed by atoms with Crippen LogP contribution in [-0.2, 0) is 0 Å². The molecule has 2 unspecified atom stereocenters. The Morgan fingerprint density at radius 1 is 1.15 bits per heavy atom. The Morgan fingerprint density at radius 3 is 2.23 bits per heavy atom. The second-order valence-corrected chi connectivity index (χ2v) is 5.94. The second-order valence-electron chi connectivity index (χ2n) is 5.94. The molecule has 0 aromatic heterocycles. The number of hydrogen-bond donors (Lipinski definition) is 1. The van der Waals surface area contributed by atoms with E-state index in [1.54, 1.807) is 0 Å². The fourth-order valence-corrected chi connectivity index (χ4v) is 4.69. The molecule has 0 aromatic carbocycles. The Balaban J connectivity index is 1.95. The second kappa shape index (κ2) is 2.31. The van der Waals surface area contributed by atoms with E-state index >= 15 is 0 Å². The molecule has 4 bridgehead atoms. The van der Waals surface area contributed by atoms with Gasteiger partial charge in [0.2, 0.25) is 0 Å². The minimum absolute atomic E-state index is 0.276. The van der Waals surface area contributed by atoms with Crippen molar-refractivity contribution in [2.45, 2.75) is 50.5 Å². The van der Waals surface area contributed by atoms with Crippen LogP contribution in [0.15, 0.2) is 0 Å². The lowest BCUT2D eigenvalue weighted by Crippen LogP contribution is -2.55. The molecule has 0 spiro atoms. The Morgan fingerprint density at radius 2 is 1.77 bits per heavy atom. The highest BCUT2D eigenvalue weighted by atomic mass is 16.3. The van der Waals surface area contributed by atoms with Crippen LogP contribution >= 0.6 is 0 Å². The summed E-state index contributed by atoms with van der Waals surface area (Å²) >= 11 is 0. The van der Waals surface area contributed by atoms with Gasteiger partial charge in [0.05, 0.1) is 5.60 Å². The van der Waals surface area contributed by atoms with Crippen molar-refractivity contribution in [1.29, 1.82) is 0 Å². The summed E-state index contributed by atoms with van der Waals surface area (Å²) in [5.74, 6) is 1.65. The van der Waals surface area contributed by atoms with Gasteiger partial charge in [0, 0.05) is 0 Å². The van der Waals surface area contributed by atoms with Crippen LogP contribution in [0.25, 0.3) is 0 Å². The van der Waals surface area contributed by atoms with Crippen LogP contribution in [0, 0.1) is 24.2 Å². The van der Waals surface area contributed by atoms with Crippen LogP contribution in [0.5, 0.6) is 0 Å². The molecule has 0 amide bonds. The molecule has 4 saturated carbocycles. The topological polar surface area (TPSA) is 20.2 Å². The summed E-state index contributed by atoms with van der Waals surface area (Å²) in [4.78, 5) is 0. The van der Waals surface area contributed by atoms with Crippen molar-refractivity contribution >= 4 is 0 Å². The van der Waals surface area contributed by atoms with Gasteiger partial charge in [0.25, 0.3) is 0 Å². The molecule has 0 aliphatic heterocycles. The Bertz CT molecular complexity index is 219. The van der Waals surface area contributed by atoms with Gasteiger partial charge in [-0.25, -0.2) is 0 Å². The van der Waals surface area contributed by atoms with Crippen LogP contribution in [0.2, 0.25) is 0 Å². The lowest BCUT2D eigenvalue weighted by atomic mass is 9.47. The summed E-state index contributed by atoms with van der Waals surface area (Å²) in [5, 5.41) is 10.4. The van der Waals surface area contributed by atoms with Gasteiger partial charge in [-0.2, -0.15) is 0 Å². The molecule has 4 fully saturated rings. The SMILES string of the molecule is [CH2]CC12CC3CC(CC(O)(C3)C1)C2. The van der Waals surface area contributed by atoms with E-state index in [9.17, 15) is 5.11 Å². The average Bonchev–Trinajstić information content (AvgIpc) is 1.99. The third-order valence-electron chi connectivity index (χ3n) is 4.68. The van der Waals surface area contributed by atoms with Crippen LogP contribution in [0.3, 0.4) is 0 Å². The zero-order chi connectivity index (χ0) is 9.10. The first-order valence-electron chi connectivity index (χ1n) is 5.65. The molecule has 4 aliphatic rings. The first-order valence-corrected chi connectivity index (χ1v) is 5.65. The van der Waals surface area contributed by atoms with Gasteiger partial charge < -0.3 is 5.11 Å². The lowest BCUT2D eigenvalue weighted by molar-refractivity contribution is -0.162. The predicted octanol–water partition coefficient (Wildman–Crippen LogP) is 2.54. The van der Waals surface area contributed by atoms with E-state index < -0.39 is 0 Å². The summed E-state index contributed by atoms with van der Waals surface area (Å²) in [6.45, 7) is 4.10. The molecule has 1 radical (unpaired) electrons. The largest absolute Gasteiger partial charge is 0.390 e. The van der Waals surface area contributed by atoms with Gasteiger partial charge in [-0.15, -0.1) is 0 Å². The maximum Gasteiger partial charge on any atom is 0.0658 e. The minimum atomic E-state index is -0.276. The molecule has 73 valence electrons. The maximum absolute atomic E-state index is 10.4. The number of aliphatic hydroxyl groups is 1. The van der Waals surface area contributed by atoms with Crippen LogP contribution in [0.1, 0.15) is 44.9 Å². The normalized spacial score (nSPS) is 58.6. The highest BCUT2D eigenvalue weighted by molar-refractivity contribution is 5.08. The highest BCUT2D eigenvalue weighted by Gasteiger charge is 2.56. The molecule has 13 heavy (non-hydrogen) atoms. The van der Waals surface area contributed by atoms with Crippen molar-refractivity contribution in [3.8, 4) is 0 Å². The Kier molecular flexibility index (Phi) is 1.47. The Hall–Kier alpha value is -0.0400. The summed E-state index contributed by atoms with van der Waals surface area (Å²) in [7, 11) is 0. The molecule has 4 aliphatic carbocycles. The van der Waals surface area contributed by atoms with E-state index in [1.807, 2.05) is 0 Å². The molecule has 0 saturated heterocycles. The van der Waals surface area contributed by atoms with Crippen LogP contribution < -0.4 is 0 Å². The van der Waals surface area contributed by atoms with Crippen molar-refractivity contribution in [3.05, 3.63) is 6.92 Å². The number of rotatable bonds is 1. The zero-order valence-corrected chi connectivity index (χ0v) is 8.26. The predicted molar refractivity (Wildman–Crippen MR) is 52.0 cm³/mol. The van der Waals surface area contributed by atoms with Gasteiger partial charge in [-0.05, 0) is 62.2 Å². The van der Waals surface area contributed by atoms with E-state index in [1.165, 1.54) is 19.3 Å². The minimum Gasteiger partial charge on any atom is -0.390 e. The quantitative estimate of drug-likeness (QED) is 0.656. The molecule has 1 N–H and O–H groups in total. The summed E-state index contributed by atoms with van der Waals surface area (Å²) in [6, 6.07) is 0. The van der Waals surface area contributed by atoms with E-state index in [0.29, 0.717) is 5.41 Å².